The molecule has 168 valence electrons. The van der Waals surface area contributed by atoms with Crippen molar-refractivity contribution in [1.82, 2.24) is 0 Å². The van der Waals surface area contributed by atoms with E-state index in [0.717, 1.165) is 32.1 Å². The van der Waals surface area contributed by atoms with Crippen LogP contribution in [0.2, 0.25) is 0 Å². The van der Waals surface area contributed by atoms with Crippen LogP contribution in [-0.4, -0.2) is 45.2 Å². The van der Waals surface area contributed by atoms with Crippen LogP contribution in [0.25, 0.3) is 0 Å². The minimum atomic E-state index is -0.762. The lowest BCUT2D eigenvalue weighted by atomic mass is 9.89. The normalized spacial score (nSPS) is 25.9. The molecule has 0 spiro atoms. The number of carboxylic acids is 1. The highest BCUT2D eigenvalue weighted by molar-refractivity contribution is 5.66. The topological polar surface area (TPSA) is 98.0 Å². The van der Waals surface area contributed by atoms with E-state index < -0.39 is 18.2 Å². The third-order valence-corrected chi connectivity index (χ3v) is 6.12. The Morgan fingerprint density at radius 2 is 1.72 bits per heavy atom. The van der Waals surface area contributed by atoms with Gasteiger partial charge in [0.05, 0.1) is 12.2 Å². The van der Waals surface area contributed by atoms with Gasteiger partial charge in [-0.05, 0) is 50.4 Å². The number of carbonyl (C=O) groups is 1. The lowest BCUT2D eigenvalue weighted by Gasteiger charge is -2.19. The number of aliphatic hydroxyl groups is 3. The summed E-state index contributed by atoms with van der Waals surface area (Å²) in [6.45, 7) is 2.35. The SMILES string of the molecule is CCC(C=CC[C@@H]1[C@@H](C=CCCCCCCCCO)[C@H](O)C[C@@H]1O)CCC(=O)O. The Kier molecular flexibility index (Phi) is 14.0. The van der Waals surface area contributed by atoms with Crippen LogP contribution in [0.1, 0.15) is 84.0 Å². The summed E-state index contributed by atoms with van der Waals surface area (Å²) in [5, 5.41) is 38.3. The van der Waals surface area contributed by atoms with Crippen molar-refractivity contribution < 1.29 is 25.2 Å². The maximum Gasteiger partial charge on any atom is 0.303 e. The van der Waals surface area contributed by atoms with E-state index in [-0.39, 0.29) is 30.8 Å². The minimum Gasteiger partial charge on any atom is -0.481 e. The highest BCUT2D eigenvalue weighted by Gasteiger charge is 2.39. The lowest BCUT2D eigenvalue weighted by molar-refractivity contribution is -0.137. The molecular weight excluding hydrogens is 368 g/mol. The zero-order valence-corrected chi connectivity index (χ0v) is 18.1. The first-order valence-corrected chi connectivity index (χ1v) is 11.5. The molecule has 0 saturated heterocycles. The van der Waals surface area contributed by atoms with Gasteiger partial charge >= 0.3 is 5.97 Å². The van der Waals surface area contributed by atoms with E-state index in [9.17, 15) is 15.0 Å². The molecule has 4 N–H and O–H groups in total. The number of aliphatic carboxylic acids is 1. The maximum atomic E-state index is 10.7. The third kappa shape index (κ3) is 11.0. The Labute approximate surface area is 176 Å². The van der Waals surface area contributed by atoms with Gasteiger partial charge < -0.3 is 20.4 Å². The maximum absolute atomic E-state index is 10.7. The molecule has 29 heavy (non-hydrogen) atoms. The summed E-state index contributed by atoms with van der Waals surface area (Å²) < 4.78 is 0. The number of allylic oxidation sites excluding steroid dienone is 3. The third-order valence-electron chi connectivity index (χ3n) is 6.12. The molecule has 0 aromatic carbocycles. The van der Waals surface area contributed by atoms with Crippen molar-refractivity contribution >= 4 is 5.97 Å². The molecule has 5 atom stereocenters. The zero-order valence-electron chi connectivity index (χ0n) is 18.1. The molecule has 0 aromatic heterocycles. The standard InChI is InChI=1S/C24H42O5/c1-2-19(15-16-24(28)29)12-11-14-21-20(22(26)18-23(21)27)13-9-7-5-3-4-6-8-10-17-25/h9,11-13,19-23,25-27H,2-8,10,14-18H2,1H3,(H,28,29)/t19?,20-,21-,22-,23+/m1/s1. The molecule has 0 aliphatic heterocycles. The van der Waals surface area contributed by atoms with Gasteiger partial charge in [0.15, 0.2) is 0 Å². The van der Waals surface area contributed by atoms with Crippen molar-refractivity contribution in [1.29, 1.82) is 0 Å². The fourth-order valence-corrected chi connectivity index (χ4v) is 4.21. The number of hydrogen-bond acceptors (Lipinski definition) is 4. The van der Waals surface area contributed by atoms with E-state index >= 15 is 0 Å². The predicted octanol–water partition coefficient (Wildman–Crippen LogP) is 4.46. The molecule has 0 amide bonds. The summed E-state index contributed by atoms with van der Waals surface area (Å²) in [7, 11) is 0. The number of unbranched alkanes of at least 4 members (excludes halogenated alkanes) is 6. The van der Waals surface area contributed by atoms with Crippen LogP contribution in [0.15, 0.2) is 24.3 Å². The number of hydrogen-bond donors (Lipinski definition) is 4. The first kappa shape index (κ1) is 25.9. The van der Waals surface area contributed by atoms with Gasteiger partial charge in [-0.25, -0.2) is 0 Å². The average molecular weight is 411 g/mol. The summed E-state index contributed by atoms with van der Waals surface area (Å²) in [6.07, 6.45) is 18.0. The fraction of sp³-hybridized carbons (Fsp3) is 0.792. The lowest BCUT2D eigenvalue weighted by Crippen LogP contribution is -2.19. The van der Waals surface area contributed by atoms with E-state index in [4.69, 9.17) is 10.2 Å². The summed E-state index contributed by atoms with van der Waals surface area (Å²) in [4.78, 5) is 10.7. The van der Waals surface area contributed by atoms with Gasteiger partial charge in [0.1, 0.15) is 0 Å². The van der Waals surface area contributed by atoms with Gasteiger partial charge in [-0.15, -0.1) is 0 Å². The highest BCUT2D eigenvalue weighted by atomic mass is 16.4. The zero-order chi connectivity index (χ0) is 21.5. The fourth-order valence-electron chi connectivity index (χ4n) is 4.21. The molecule has 1 saturated carbocycles. The quantitative estimate of drug-likeness (QED) is 0.222. The molecule has 5 heteroatoms. The van der Waals surface area contributed by atoms with E-state index in [1.165, 1.54) is 19.3 Å². The van der Waals surface area contributed by atoms with Crippen molar-refractivity contribution in [3.63, 3.8) is 0 Å². The van der Waals surface area contributed by atoms with Gasteiger partial charge in [-0.1, -0.05) is 56.9 Å². The van der Waals surface area contributed by atoms with Gasteiger partial charge in [0, 0.05) is 25.4 Å². The van der Waals surface area contributed by atoms with Crippen molar-refractivity contribution in [3.8, 4) is 0 Å². The Morgan fingerprint density at radius 3 is 2.38 bits per heavy atom. The van der Waals surface area contributed by atoms with E-state index in [2.05, 4.69) is 31.2 Å². The molecular formula is C24H42O5. The first-order valence-electron chi connectivity index (χ1n) is 11.5. The second-order valence-electron chi connectivity index (χ2n) is 8.44. The Bertz CT molecular complexity index is 488. The number of carboxylic acid groups (broad SMARTS) is 1. The molecule has 1 aliphatic carbocycles. The van der Waals surface area contributed by atoms with Crippen LogP contribution in [0.5, 0.6) is 0 Å². The molecule has 1 rings (SSSR count). The molecule has 0 heterocycles. The summed E-state index contributed by atoms with van der Waals surface area (Å²) in [5.74, 6) is -0.506. The van der Waals surface area contributed by atoms with Gasteiger partial charge in [-0.3, -0.25) is 4.79 Å². The van der Waals surface area contributed by atoms with Crippen LogP contribution in [-0.2, 0) is 4.79 Å². The molecule has 5 nitrogen and oxygen atoms in total. The van der Waals surface area contributed by atoms with Crippen LogP contribution in [0, 0.1) is 17.8 Å². The number of aliphatic hydroxyl groups excluding tert-OH is 3. The second kappa shape index (κ2) is 15.6. The van der Waals surface area contributed by atoms with Crippen molar-refractivity contribution in [2.24, 2.45) is 17.8 Å². The molecule has 0 radical (unpaired) electrons. The smallest absolute Gasteiger partial charge is 0.303 e. The van der Waals surface area contributed by atoms with Gasteiger partial charge in [0.2, 0.25) is 0 Å². The molecule has 1 aliphatic rings. The summed E-state index contributed by atoms with van der Waals surface area (Å²) in [6, 6.07) is 0. The molecule has 1 fully saturated rings. The van der Waals surface area contributed by atoms with E-state index in [1.54, 1.807) is 0 Å². The van der Waals surface area contributed by atoms with Crippen LogP contribution in [0.4, 0.5) is 0 Å². The Hall–Kier alpha value is -1.17. The van der Waals surface area contributed by atoms with Crippen LogP contribution < -0.4 is 0 Å². The van der Waals surface area contributed by atoms with Crippen LogP contribution in [0.3, 0.4) is 0 Å². The van der Waals surface area contributed by atoms with Crippen molar-refractivity contribution in [2.45, 2.75) is 96.2 Å². The molecule has 0 aromatic rings. The average Bonchev–Trinajstić information content (AvgIpc) is 2.95. The summed E-state index contributed by atoms with van der Waals surface area (Å²) >= 11 is 0. The van der Waals surface area contributed by atoms with E-state index in [0.29, 0.717) is 19.3 Å². The van der Waals surface area contributed by atoms with Crippen molar-refractivity contribution in [3.05, 3.63) is 24.3 Å². The largest absolute Gasteiger partial charge is 0.481 e. The number of rotatable bonds is 16. The predicted molar refractivity (Wildman–Crippen MR) is 117 cm³/mol. The van der Waals surface area contributed by atoms with Crippen molar-refractivity contribution in [2.75, 3.05) is 6.61 Å². The molecule has 1 unspecified atom stereocenters. The second-order valence-corrected chi connectivity index (χ2v) is 8.44. The Morgan fingerprint density at radius 1 is 1.03 bits per heavy atom. The van der Waals surface area contributed by atoms with Gasteiger partial charge in [-0.2, -0.15) is 0 Å². The Balaban J connectivity index is 2.40. The van der Waals surface area contributed by atoms with Crippen LogP contribution >= 0.6 is 0 Å². The first-order chi connectivity index (χ1) is 14.0. The highest BCUT2D eigenvalue weighted by Crippen LogP contribution is 2.36. The van der Waals surface area contributed by atoms with E-state index in [1.807, 2.05) is 0 Å². The summed E-state index contributed by atoms with van der Waals surface area (Å²) in [5.41, 5.74) is 0. The van der Waals surface area contributed by atoms with Gasteiger partial charge in [0.25, 0.3) is 0 Å². The molecule has 0 bridgehead atoms. The minimum absolute atomic E-state index is 0.0155. The monoisotopic (exact) mass is 410 g/mol.